The van der Waals surface area contributed by atoms with Crippen molar-refractivity contribution in [2.24, 2.45) is 0 Å². The molecule has 7 heteroatoms. The van der Waals surface area contributed by atoms with E-state index in [9.17, 15) is 9.59 Å². The molecule has 1 N–H and O–H groups in total. The zero-order valence-electron chi connectivity index (χ0n) is 9.43. The highest BCUT2D eigenvalue weighted by atomic mass is 32.1. The molecule has 0 aliphatic heterocycles. The van der Waals surface area contributed by atoms with Crippen molar-refractivity contribution in [2.75, 3.05) is 19.0 Å². The number of aromatic nitrogens is 1. The summed E-state index contributed by atoms with van der Waals surface area (Å²) in [6.45, 7) is 1.98. The van der Waals surface area contributed by atoms with Crippen LogP contribution in [0.25, 0.3) is 5.57 Å². The van der Waals surface area contributed by atoms with Crippen LogP contribution in [0.3, 0.4) is 0 Å². The van der Waals surface area contributed by atoms with Crippen LogP contribution in [-0.2, 0) is 19.1 Å². The Morgan fingerprint density at radius 1 is 1.65 bits per heavy atom. The van der Waals surface area contributed by atoms with Gasteiger partial charge < -0.3 is 14.8 Å². The lowest BCUT2D eigenvalue weighted by Crippen LogP contribution is -2.07. The molecular weight excluding hydrogens is 244 g/mol. The van der Waals surface area contributed by atoms with Crippen molar-refractivity contribution in [1.29, 1.82) is 0 Å². The van der Waals surface area contributed by atoms with Crippen LogP contribution in [0.2, 0.25) is 0 Å². The summed E-state index contributed by atoms with van der Waals surface area (Å²) in [4.78, 5) is 25.9. The normalized spacial score (nSPS) is 10.8. The molecule has 0 unspecified atom stereocenters. The van der Waals surface area contributed by atoms with Crippen molar-refractivity contribution in [3.63, 3.8) is 0 Å². The number of hydrogen-bond donors (Lipinski definition) is 1. The fraction of sp³-hybridized carbons (Fsp3) is 0.300. The average molecular weight is 256 g/mol. The van der Waals surface area contributed by atoms with E-state index in [1.165, 1.54) is 24.7 Å². The van der Waals surface area contributed by atoms with Crippen LogP contribution < -0.4 is 5.32 Å². The summed E-state index contributed by atoms with van der Waals surface area (Å²) < 4.78 is 9.67. The van der Waals surface area contributed by atoms with Gasteiger partial charge in [0.1, 0.15) is 5.57 Å². The standard InChI is InChI=1S/C10H12N2O4S/c1-3-16-9(14)7(4-15-2)8-5-17-10(12-8)11-6-13/h4-6H,3H2,1-2H3,(H,11,12,13). The van der Waals surface area contributed by atoms with Gasteiger partial charge in [0.15, 0.2) is 5.13 Å². The van der Waals surface area contributed by atoms with E-state index in [1.807, 2.05) is 0 Å². The third-order valence-electron chi connectivity index (χ3n) is 1.69. The van der Waals surface area contributed by atoms with Crippen molar-refractivity contribution in [1.82, 2.24) is 4.98 Å². The molecule has 0 saturated carbocycles. The van der Waals surface area contributed by atoms with Gasteiger partial charge in [0.25, 0.3) is 0 Å². The number of nitrogens with zero attached hydrogens (tertiary/aromatic N) is 1. The van der Waals surface area contributed by atoms with E-state index in [-0.39, 0.29) is 12.2 Å². The SMILES string of the molecule is CCOC(=O)C(=COC)c1csc(NC=O)n1. The van der Waals surface area contributed by atoms with Crippen LogP contribution in [0.4, 0.5) is 5.13 Å². The highest BCUT2D eigenvalue weighted by molar-refractivity contribution is 7.14. The second kappa shape index (κ2) is 6.64. The van der Waals surface area contributed by atoms with E-state index in [0.717, 1.165) is 0 Å². The van der Waals surface area contributed by atoms with Gasteiger partial charge in [-0.1, -0.05) is 0 Å². The Bertz CT molecular complexity index is 428. The monoisotopic (exact) mass is 256 g/mol. The molecule has 0 aromatic carbocycles. The second-order valence-corrected chi connectivity index (χ2v) is 3.65. The lowest BCUT2D eigenvalue weighted by atomic mass is 10.2. The van der Waals surface area contributed by atoms with Crippen molar-refractivity contribution in [3.05, 3.63) is 17.3 Å². The maximum Gasteiger partial charge on any atom is 0.343 e. The molecule has 0 aliphatic rings. The Morgan fingerprint density at radius 3 is 3.00 bits per heavy atom. The highest BCUT2D eigenvalue weighted by Gasteiger charge is 2.17. The minimum absolute atomic E-state index is 0.213. The summed E-state index contributed by atoms with van der Waals surface area (Å²) in [5, 5.41) is 4.44. The van der Waals surface area contributed by atoms with E-state index in [1.54, 1.807) is 12.3 Å². The molecule has 6 nitrogen and oxygen atoms in total. The van der Waals surface area contributed by atoms with E-state index in [2.05, 4.69) is 10.3 Å². The van der Waals surface area contributed by atoms with Crippen LogP contribution in [-0.4, -0.2) is 31.1 Å². The molecule has 0 bridgehead atoms. The molecule has 92 valence electrons. The number of methoxy groups -OCH3 is 1. The number of carbonyl (C=O) groups excluding carboxylic acids is 2. The van der Waals surface area contributed by atoms with Crippen molar-refractivity contribution < 1.29 is 19.1 Å². The molecule has 0 spiro atoms. The molecule has 1 heterocycles. The summed E-state index contributed by atoms with van der Waals surface area (Å²) >= 11 is 1.21. The number of esters is 1. The maximum absolute atomic E-state index is 11.6. The van der Waals surface area contributed by atoms with E-state index < -0.39 is 5.97 Å². The van der Waals surface area contributed by atoms with Gasteiger partial charge in [-0.2, -0.15) is 0 Å². The number of hydrogen-bond acceptors (Lipinski definition) is 6. The van der Waals surface area contributed by atoms with Gasteiger partial charge in [-0.25, -0.2) is 9.78 Å². The molecular formula is C10H12N2O4S. The van der Waals surface area contributed by atoms with Crippen LogP contribution in [0.5, 0.6) is 0 Å². The lowest BCUT2D eigenvalue weighted by Gasteiger charge is -2.03. The Hall–Kier alpha value is -1.89. The molecule has 0 saturated heterocycles. The number of rotatable bonds is 6. The van der Waals surface area contributed by atoms with Gasteiger partial charge in [0, 0.05) is 5.38 Å². The van der Waals surface area contributed by atoms with Gasteiger partial charge in [-0.05, 0) is 6.92 Å². The third-order valence-corrected chi connectivity index (χ3v) is 2.47. The zero-order valence-corrected chi connectivity index (χ0v) is 10.2. The smallest absolute Gasteiger partial charge is 0.343 e. The van der Waals surface area contributed by atoms with Gasteiger partial charge in [-0.3, -0.25) is 4.79 Å². The van der Waals surface area contributed by atoms with Crippen molar-refractivity contribution in [3.8, 4) is 0 Å². The first-order valence-electron chi connectivity index (χ1n) is 4.79. The molecule has 1 amide bonds. The Balaban J connectivity index is 2.93. The first kappa shape index (κ1) is 13.2. The molecule has 0 radical (unpaired) electrons. The van der Waals surface area contributed by atoms with Gasteiger partial charge in [-0.15, -0.1) is 11.3 Å². The minimum atomic E-state index is -0.516. The predicted molar refractivity (Wildman–Crippen MR) is 63.4 cm³/mol. The zero-order chi connectivity index (χ0) is 12.7. The Morgan fingerprint density at radius 2 is 2.41 bits per heavy atom. The van der Waals surface area contributed by atoms with Gasteiger partial charge in [0.2, 0.25) is 6.41 Å². The van der Waals surface area contributed by atoms with E-state index in [4.69, 9.17) is 9.47 Å². The average Bonchev–Trinajstić information content (AvgIpc) is 2.75. The molecule has 1 aromatic heterocycles. The van der Waals surface area contributed by atoms with Crippen LogP contribution in [0, 0.1) is 0 Å². The quantitative estimate of drug-likeness (QED) is 0.359. The van der Waals surface area contributed by atoms with E-state index >= 15 is 0 Å². The van der Waals surface area contributed by atoms with Gasteiger partial charge in [0.05, 0.1) is 25.7 Å². The topological polar surface area (TPSA) is 77.5 Å². The van der Waals surface area contributed by atoms with Gasteiger partial charge >= 0.3 is 5.97 Å². The second-order valence-electron chi connectivity index (χ2n) is 2.79. The van der Waals surface area contributed by atoms with Crippen molar-refractivity contribution in [2.45, 2.75) is 6.92 Å². The number of ether oxygens (including phenoxy) is 2. The number of carbonyl (C=O) groups is 2. The molecule has 1 rings (SSSR count). The van der Waals surface area contributed by atoms with Crippen LogP contribution in [0.1, 0.15) is 12.6 Å². The molecule has 0 atom stereocenters. The lowest BCUT2D eigenvalue weighted by molar-refractivity contribution is -0.136. The summed E-state index contributed by atoms with van der Waals surface area (Å²) in [6, 6.07) is 0. The Kier molecular flexibility index (Phi) is 5.15. The van der Waals surface area contributed by atoms with Crippen LogP contribution in [0.15, 0.2) is 11.6 Å². The molecule has 0 aliphatic carbocycles. The highest BCUT2D eigenvalue weighted by Crippen LogP contribution is 2.22. The largest absolute Gasteiger partial charge is 0.503 e. The molecule has 1 aromatic rings. The fourth-order valence-electron chi connectivity index (χ4n) is 1.05. The summed E-state index contributed by atoms with van der Waals surface area (Å²) in [6.07, 6.45) is 1.78. The molecule has 0 fully saturated rings. The maximum atomic E-state index is 11.6. The van der Waals surface area contributed by atoms with Crippen LogP contribution >= 0.6 is 11.3 Å². The third kappa shape index (κ3) is 3.56. The van der Waals surface area contributed by atoms with E-state index in [0.29, 0.717) is 17.2 Å². The summed E-state index contributed by atoms with van der Waals surface area (Å²) in [5.41, 5.74) is 0.615. The number of anilines is 1. The summed E-state index contributed by atoms with van der Waals surface area (Å²) in [5.74, 6) is -0.516. The number of amides is 1. The predicted octanol–water partition coefficient (Wildman–Crippen LogP) is 1.26. The first-order valence-corrected chi connectivity index (χ1v) is 5.67. The summed E-state index contributed by atoms with van der Waals surface area (Å²) in [7, 11) is 1.43. The number of nitrogens with one attached hydrogen (secondary N) is 1. The minimum Gasteiger partial charge on any atom is -0.503 e. The first-order chi connectivity index (χ1) is 8.22. The fourth-order valence-corrected chi connectivity index (χ4v) is 1.72. The molecule has 17 heavy (non-hydrogen) atoms. The van der Waals surface area contributed by atoms with Crippen molar-refractivity contribution >= 4 is 34.4 Å². The number of thiazole rings is 1. The Labute approximate surface area is 102 Å².